The van der Waals surface area contributed by atoms with Gasteiger partial charge in [0.2, 0.25) is 11.8 Å². The van der Waals surface area contributed by atoms with E-state index in [4.69, 9.17) is 11.6 Å². The van der Waals surface area contributed by atoms with E-state index >= 15 is 0 Å². The zero-order valence-corrected chi connectivity index (χ0v) is 16.2. The van der Waals surface area contributed by atoms with Gasteiger partial charge in [0, 0.05) is 37.4 Å². The maximum atomic E-state index is 13.1. The van der Waals surface area contributed by atoms with Crippen molar-refractivity contribution in [3.05, 3.63) is 29.0 Å². The van der Waals surface area contributed by atoms with Gasteiger partial charge in [-0.25, -0.2) is 4.39 Å². The van der Waals surface area contributed by atoms with Crippen LogP contribution in [0.3, 0.4) is 0 Å². The van der Waals surface area contributed by atoms with Gasteiger partial charge in [-0.2, -0.15) is 0 Å². The van der Waals surface area contributed by atoms with Crippen molar-refractivity contribution in [2.75, 3.05) is 44.6 Å². The van der Waals surface area contributed by atoms with Crippen LogP contribution in [0, 0.1) is 5.82 Å². The Labute approximate surface area is 158 Å². The molecule has 144 valence electrons. The first-order valence-corrected chi connectivity index (χ1v) is 9.01. The van der Waals surface area contributed by atoms with Crippen LogP contribution in [-0.2, 0) is 9.59 Å². The standard InChI is InChI=1S/C18H26ClFN4O2/c1-18(2,3)22-17(26)12-24-8-6-23(7-9-24)11-16(25)21-13-4-5-15(20)14(19)10-13/h4-5,10H,6-9,11-12H2,1-3H3,(H,21,25)(H,22,26). The molecule has 0 aromatic heterocycles. The predicted molar refractivity (Wildman–Crippen MR) is 101 cm³/mol. The van der Waals surface area contributed by atoms with Crippen molar-refractivity contribution < 1.29 is 14.0 Å². The van der Waals surface area contributed by atoms with Gasteiger partial charge in [-0.3, -0.25) is 19.4 Å². The van der Waals surface area contributed by atoms with Gasteiger partial charge in [0.1, 0.15) is 5.82 Å². The number of nitrogens with zero attached hydrogens (tertiary/aromatic N) is 2. The summed E-state index contributed by atoms with van der Waals surface area (Å²) in [6.07, 6.45) is 0. The Bertz CT molecular complexity index is 655. The van der Waals surface area contributed by atoms with E-state index in [1.807, 2.05) is 25.7 Å². The molecular formula is C18H26ClFN4O2. The van der Waals surface area contributed by atoms with Gasteiger partial charge < -0.3 is 10.6 Å². The van der Waals surface area contributed by atoms with E-state index in [1.54, 1.807) is 0 Å². The number of halogens is 2. The number of carbonyl (C=O) groups is 2. The average Bonchev–Trinajstić information content (AvgIpc) is 2.51. The van der Waals surface area contributed by atoms with Gasteiger partial charge in [0.25, 0.3) is 0 Å². The number of rotatable bonds is 5. The van der Waals surface area contributed by atoms with Crippen molar-refractivity contribution in [2.24, 2.45) is 0 Å². The van der Waals surface area contributed by atoms with Crippen molar-refractivity contribution in [3.63, 3.8) is 0 Å². The third-order valence-corrected chi connectivity index (χ3v) is 4.21. The summed E-state index contributed by atoms with van der Waals surface area (Å²) < 4.78 is 13.1. The van der Waals surface area contributed by atoms with Crippen molar-refractivity contribution >= 4 is 29.1 Å². The van der Waals surface area contributed by atoms with Crippen molar-refractivity contribution in [2.45, 2.75) is 26.3 Å². The Morgan fingerprint density at radius 1 is 1.08 bits per heavy atom. The molecule has 26 heavy (non-hydrogen) atoms. The summed E-state index contributed by atoms with van der Waals surface area (Å²) in [5.74, 6) is -0.681. The average molecular weight is 385 g/mol. The highest BCUT2D eigenvalue weighted by Crippen LogP contribution is 2.19. The second-order valence-corrected chi connectivity index (χ2v) is 7.93. The fraction of sp³-hybridized carbons (Fsp3) is 0.556. The molecule has 0 radical (unpaired) electrons. The lowest BCUT2D eigenvalue weighted by Gasteiger charge is -2.34. The molecule has 2 amide bonds. The molecule has 6 nitrogen and oxygen atoms in total. The molecule has 0 unspecified atom stereocenters. The summed E-state index contributed by atoms with van der Waals surface area (Å²) in [4.78, 5) is 28.2. The van der Waals surface area contributed by atoms with Crippen molar-refractivity contribution in [1.29, 1.82) is 0 Å². The summed E-state index contributed by atoms with van der Waals surface area (Å²) in [6.45, 7) is 9.35. The number of hydrogen-bond donors (Lipinski definition) is 2. The first-order chi connectivity index (χ1) is 12.1. The number of nitrogens with one attached hydrogen (secondary N) is 2. The molecule has 1 fully saturated rings. The van der Waals surface area contributed by atoms with Gasteiger partial charge >= 0.3 is 0 Å². The summed E-state index contributed by atoms with van der Waals surface area (Å²) in [5.41, 5.74) is 0.235. The van der Waals surface area contributed by atoms with E-state index in [9.17, 15) is 14.0 Å². The molecule has 0 spiro atoms. The molecule has 1 saturated heterocycles. The first-order valence-electron chi connectivity index (χ1n) is 8.63. The van der Waals surface area contributed by atoms with Crippen LogP contribution < -0.4 is 10.6 Å². The summed E-state index contributed by atoms with van der Waals surface area (Å²) in [6, 6.07) is 4.09. The minimum absolute atomic E-state index is 0.0110. The number of anilines is 1. The normalized spacial score (nSPS) is 16.3. The molecule has 2 N–H and O–H groups in total. The molecule has 1 heterocycles. The molecule has 0 aliphatic carbocycles. The van der Waals surface area contributed by atoms with Gasteiger partial charge in [-0.05, 0) is 39.0 Å². The maximum absolute atomic E-state index is 13.1. The highest BCUT2D eigenvalue weighted by Gasteiger charge is 2.22. The molecule has 1 aliphatic heterocycles. The monoisotopic (exact) mass is 384 g/mol. The molecule has 1 aromatic carbocycles. The molecule has 0 atom stereocenters. The molecule has 0 bridgehead atoms. The number of piperazine rings is 1. The molecular weight excluding hydrogens is 359 g/mol. The fourth-order valence-electron chi connectivity index (χ4n) is 2.74. The van der Waals surface area contributed by atoms with Gasteiger partial charge in [0.15, 0.2) is 0 Å². The van der Waals surface area contributed by atoms with Gasteiger partial charge in [-0.1, -0.05) is 11.6 Å². The lowest BCUT2D eigenvalue weighted by Crippen LogP contribution is -2.52. The molecule has 1 aromatic rings. The van der Waals surface area contributed by atoms with E-state index in [1.165, 1.54) is 18.2 Å². The summed E-state index contributed by atoms with van der Waals surface area (Å²) in [7, 11) is 0. The Kier molecular flexibility index (Phi) is 6.97. The number of amides is 2. The zero-order valence-electron chi connectivity index (χ0n) is 15.4. The SMILES string of the molecule is CC(C)(C)NC(=O)CN1CCN(CC(=O)Nc2ccc(F)c(Cl)c2)CC1. The van der Waals surface area contributed by atoms with Crippen molar-refractivity contribution in [3.8, 4) is 0 Å². The number of carbonyl (C=O) groups excluding carboxylic acids is 2. The molecule has 1 aliphatic rings. The minimum Gasteiger partial charge on any atom is -0.350 e. The second-order valence-electron chi connectivity index (χ2n) is 7.53. The minimum atomic E-state index is -0.517. The van der Waals surface area contributed by atoms with Crippen LogP contribution in [-0.4, -0.2) is 66.4 Å². The van der Waals surface area contributed by atoms with Crippen LogP contribution in [0.1, 0.15) is 20.8 Å². The van der Waals surface area contributed by atoms with Crippen molar-refractivity contribution in [1.82, 2.24) is 15.1 Å². The predicted octanol–water partition coefficient (Wildman–Crippen LogP) is 1.95. The zero-order chi connectivity index (χ0) is 19.3. The number of hydrogen-bond acceptors (Lipinski definition) is 4. The van der Waals surface area contributed by atoms with E-state index in [2.05, 4.69) is 15.5 Å². The molecule has 0 saturated carbocycles. The van der Waals surface area contributed by atoms with Crippen LogP contribution >= 0.6 is 11.6 Å². The molecule has 2 rings (SSSR count). The van der Waals surface area contributed by atoms with E-state index in [-0.39, 0.29) is 28.9 Å². The quantitative estimate of drug-likeness (QED) is 0.814. The Morgan fingerprint density at radius 2 is 1.62 bits per heavy atom. The van der Waals surface area contributed by atoms with E-state index < -0.39 is 5.82 Å². The van der Waals surface area contributed by atoms with Gasteiger partial charge in [-0.15, -0.1) is 0 Å². The summed E-state index contributed by atoms with van der Waals surface area (Å²) >= 11 is 5.71. The fourth-order valence-corrected chi connectivity index (χ4v) is 2.92. The molecule has 8 heteroatoms. The third-order valence-electron chi connectivity index (χ3n) is 3.92. The maximum Gasteiger partial charge on any atom is 0.238 e. The number of benzene rings is 1. The van der Waals surface area contributed by atoms with Crippen LogP contribution in [0.25, 0.3) is 0 Å². The van der Waals surface area contributed by atoms with E-state index in [0.29, 0.717) is 25.3 Å². The Morgan fingerprint density at radius 3 is 2.12 bits per heavy atom. The Hall–Kier alpha value is -1.70. The van der Waals surface area contributed by atoms with Crippen LogP contribution in [0.4, 0.5) is 10.1 Å². The summed E-state index contributed by atoms with van der Waals surface area (Å²) in [5, 5.41) is 5.64. The van der Waals surface area contributed by atoms with Crippen LogP contribution in [0.5, 0.6) is 0 Å². The third kappa shape index (κ3) is 6.90. The van der Waals surface area contributed by atoms with Crippen LogP contribution in [0.15, 0.2) is 18.2 Å². The highest BCUT2D eigenvalue weighted by molar-refractivity contribution is 6.31. The lowest BCUT2D eigenvalue weighted by atomic mass is 10.1. The Balaban J connectivity index is 1.73. The second kappa shape index (κ2) is 8.79. The first kappa shape index (κ1) is 20.6. The topological polar surface area (TPSA) is 64.7 Å². The largest absolute Gasteiger partial charge is 0.350 e. The van der Waals surface area contributed by atoms with Gasteiger partial charge in [0.05, 0.1) is 18.1 Å². The highest BCUT2D eigenvalue weighted by atomic mass is 35.5. The lowest BCUT2D eigenvalue weighted by molar-refractivity contribution is -0.124. The smallest absolute Gasteiger partial charge is 0.238 e. The van der Waals surface area contributed by atoms with Crippen LogP contribution in [0.2, 0.25) is 5.02 Å². The van der Waals surface area contributed by atoms with E-state index in [0.717, 1.165) is 13.1 Å².